The standard InChI is InChI=1S/C13H10FNO4S/c14-9-4-6-11(7-5-9)20(18,19)8-10-2-1-3-12(15-10)13(16)17/h1-7H,8H2,(H,16,17). The number of hydrogen-bond donors (Lipinski definition) is 1. The molecule has 1 N–H and O–H groups in total. The van der Waals surface area contributed by atoms with Crippen molar-refractivity contribution in [1.29, 1.82) is 0 Å². The van der Waals surface area contributed by atoms with Crippen molar-refractivity contribution in [3.63, 3.8) is 0 Å². The van der Waals surface area contributed by atoms with Gasteiger partial charge < -0.3 is 5.11 Å². The number of halogens is 1. The Morgan fingerprint density at radius 1 is 1.15 bits per heavy atom. The van der Waals surface area contributed by atoms with Crippen LogP contribution in [0.4, 0.5) is 4.39 Å². The molecule has 1 aromatic carbocycles. The number of rotatable bonds is 4. The normalized spacial score (nSPS) is 11.2. The largest absolute Gasteiger partial charge is 0.477 e. The average Bonchev–Trinajstić information content (AvgIpc) is 2.39. The van der Waals surface area contributed by atoms with Crippen LogP contribution >= 0.6 is 0 Å². The number of carboxylic acid groups (broad SMARTS) is 1. The Morgan fingerprint density at radius 2 is 1.80 bits per heavy atom. The van der Waals surface area contributed by atoms with Gasteiger partial charge in [-0.1, -0.05) is 6.07 Å². The zero-order chi connectivity index (χ0) is 14.8. The van der Waals surface area contributed by atoms with Crippen LogP contribution in [0.15, 0.2) is 47.4 Å². The van der Waals surface area contributed by atoms with Crippen LogP contribution in [0.2, 0.25) is 0 Å². The van der Waals surface area contributed by atoms with Crippen molar-refractivity contribution in [2.75, 3.05) is 0 Å². The number of pyridine rings is 1. The molecular weight excluding hydrogens is 285 g/mol. The van der Waals surface area contributed by atoms with E-state index in [-0.39, 0.29) is 16.3 Å². The van der Waals surface area contributed by atoms with E-state index in [1.54, 1.807) is 0 Å². The molecule has 0 saturated heterocycles. The molecule has 0 aliphatic rings. The molecule has 104 valence electrons. The molecule has 0 amide bonds. The molecule has 7 heteroatoms. The minimum Gasteiger partial charge on any atom is -0.477 e. The van der Waals surface area contributed by atoms with Gasteiger partial charge in [-0.15, -0.1) is 0 Å². The van der Waals surface area contributed by atoms with E-state index in [1.807, 2.05) is 0 Å². The predicted octanol–water partition coefficient (Wildman–Crippen LogP) is 1.89. The van der Waals surface area contributed by atoms with E-state index < -0.39 is 27.4 Å². The highest BCUT2D eigenvalue weighted by molar-refractivity contribution is 7.90. The first-order valence-corrected chi connectivity index (χ1v) is 7.21. The van der Waals surface area contributed by atoms with Gasteiger partial charge in [0.1, 0.15) is 11.5 Å². The smallest absolute Gasteiger partial charge is 0.354 e. The highest BCUT2D eigenvalue weighted by Gasteiger charge is 2.17. The summed E-state index contributed by atoms with van der Waals surface area (Å²) in [6, 6.07) is 8.54. The number of nitrogens with zero attached hydrogens (tertiary/aromatic N) is 1. The number of hydrogen-bond acceptors (Lipinski definition) is 4. The van der Waals surface area contributed by atoms with E-state index in [0.29, 0.717) is 0 Å². The maximum atomic E-state index is 12.8. The second-order valence-corrected chi connectivity index (χ2v) is 6.02. The summed E-state index contributed by atoms with van der Waals surface area (Å²) in [5, 5.41) is 8.80. The first-order chi connectivity index (χ1) is 9.38. The lowest BCUT2D eigenvalue weighted by atomic mass is 10.3. The second-order valence-electron chi connectivity index (χ2n) is 4.03. The number of benzene rings is 1. The van der Waals surface area contributed by atoms with Gasteiger partial charge in [-0.2, -0.15) is 0 Å². The van der Waals surface area contributed by atoms with Crippen LogP contribution in [0.25, 0.3) is 0 Å². The maximum absolute atomic E-state index is 12.8. The Kier molecular flexibility index (Phi) is 3.80. The Morgan fingerprint density at radius 3 is 2.40 bits per heavy atom. The third-order valence-electron chi connectivity index (χ3n) is 2.54. The molecule has 0 unspecified atom stereocenters. The van der Waals surface area contributed by atoms with Crippen LogP contribution in [-0.2, 0) is 15.6 Å². The molecule has 2 rings (SSSR count). The first-order valence-electron chi connectivity index (χ1n) is 5.56. The van der Waals surface area contributed by atoms with Gasteiger partial charge in [0.25, 0.3) is 0 Å². The van der Waals surface area contributed by atoms with Crippen molar-refractivity contribution >= 4 is 15.8 Å². The lowest BCUT2D eigenvalue weighted by Crippen LogP contribution is -2.09. The molecule has 0 aliphatic carbocycles. The number of sulfone groups is 1. The zero-order valence-electron chi connectivity index (χ0n) is 10.2. The fourth-order valence-corrected chi connectivity index (χ4v) is 2.87. The molecule has 0 atom stereocenters. The summed E-state index contributed by atoms with van der Waals surface area (Å²) in [5.74, 6) is -2.21. The highest BCUT2D eigenvalue weighted by atomic mass is 32.2. The minimum atomic E-state index is -3.69. The van der Waals surface area contributed by atoms with Gasteiger partial charge in [-0.25, -0.2) is 22.6 Å². The molecule has 0 aliphatic heterocycles. The Balaban J connectivity index is 2.31. The van der Waals surface area contributed by atoms with Crippen molar-refractivity contribution < 1.29 is 22.7 Å². The fourth-order valence-electron chi connectivity index (χ4n) is 1.60. The summed E-state index contributed by atoms with van der Waals surface area (Å²) in [6.45, 7) is 0. The zero-order valence-corrected chi connectivity index (χ0v) is 11.0. The number of aromatic nitrogens is 1. The molecule has 20 heavy (non-hydrogen) atoms. The Bertz CT molecular complexity index is 741. The molecule has 0 bridgehead atoms. The van der Waals surface area contributed by atoms with Crippen molar-refractivity contribution in [3.05, 3.63) is 59.7 Å². The quantitative estimate of drug-likeness (QED) is 0.871. The van der Waals surface area contributed by atoms with Crippen LogP contribution in [0.5, 0.6) is 0 Å². The Hall–Kier alpha value is -2.28. The van der Waals surface area contributed by atoms with Gasteiger partial charge in [0.15, 0.2) is 9.84 Å². The predicted molar refractivity (Wildman–Crippen MR) is 68.5 cm³/mol. The minimum absolute atomic E-state index is 0.0403. The van der Waals surface area contributed by atoms with Gasteiger partial charge in [0.2, 0.25) is 0 Å². The second kappa shape index (κ2) is 5.38. The van der Waals surface area contributed by atoms with Gasteiger partial charge in [0, 0.05) is 0 Å². The lowest BCUT2D eigenvalue weighted by Gasteiger charge is -2.05. The van der Waals surface area contributed by atoms with Crippen LogP contribution in [-0.4, -0.2) is 24.5 Å². The van der Waals surface area contributed by atoms with E-state index in [2.05, 4.69) is 4.98 Å². The molecule has 5 nitrogen and oxygen atoms in total. The van der Waals surface area contributed by atoms with Crippen molar-refractivity contribution in [2.45, 2.75) is 10.6 Å². The maximum Gasteiger partial charge on any atom is 0.354 e. The van der Waals surface area contributed by atoms with E-state index in [9.17, 15) is 17.6 Å². The van der Waals surface area contributed by atoms with E-state index >= 15 is 0 Å². The summed E-state index contributed by atoms with van der Waals surface area (Å²) in [6.07, 6.45) is 0. The van der Waals surface area contributed by atoms with Crippen LogP contribution in [0.1, 0.15) is 16.2 Å². The summed E-state index contributed by atoms with van der Waals surface area (Å²) in [4.78, 5) is 14.5. The van der Waals surface area contributed by atoms with Gasteiger partial charge in [0.05, 0.1) is 16.3 Å². The van der Waals surface area contributed by atoms with E-state index in [0.717, 1.165) is 24.3 Å². The topological polar surface area (TPSA) is 84.3 Å². The molecule has 1 aromatic heterocycles. The average molecular weight is 295 g/mol. The van der Waals surface area contributed by atoms with Crippen LogP contribution < -0.4 is 0 Å². The summed E-state index contributed by atoms with van der Waals surface area (Å²) in [5.41, 5.74) is -0.106. The molecule has 0 spiro atoms. The van der Waals surface area contributed by atoms with Crippen molar-refractivity contribution in [2.24, 2.45) is 0 Å². The van der Waals surface area contributed by atoms with Crippen LogP contribution in [0, 0.1) is 5.82 Å². The third-order valence-corrected chi connectivity index (χ3v) is 4.20. The highest BCUT2D eigenvalue weighted by Crippen LogP contribution is 2.16. The van der Waals surface area contributed by atoms with Gasteiger partial charge in [-0.05, 0) is 36.4 Å². The molecular formula is C13H10FNO4S. The van der Waals surface area contributed by atoms with E-state index in [1.165, 1.54) is 18.2 Å². The van der Waals surface area contributed by atoms with E-state index in [4.69, 9.17) is 5.11 Å². The van der Waals surface area contributed by atoms with Crippen LogP contribution in [0.3, 0.4) is 0 Å². The summed E-state index contributed by atoms with van der Waals surface area (Å²) >= 11 is 0. The number of carboxylic acids is 1. The molecule has 2 aromatic rings. The SMILES string of the molecule is O=C(O)c1cccc(CS(=O)(=O)c2ccc(F)cc2)n1. The third kappa shape index (κ3) is 3.18. The summed E-state index contributed by atoms with van der Waals surface area (Å²) in [7, 11) is -3.69. The van der Waals surface area contributed by atoms with Gasteiger partial charge in [-0.3, -0.25) is 0 Å². The molecule has 0 fully saturated rings. The molecule has 0 radical (unpaired) electrons. The van der Waals surface area contributed by atoms with Crippen molar-refractivity contribution in [1.82, 2.24) is 4.98 Å². The van der Waals surface area contributed by atoms with Gasteiger partial charge >= 0.3 is 5.97 Å². The summed E-state index contributed by atoms with van der Waals surface area (Å²) < 4.78 is 36.9. The lowest BCUT2D eigenvalue weighted by molar-refractivity contribution is 0.0690. The first kappa shape index (κ1) is 14.1. The molecule has 1 heterocycles. The number of carbonyl (C=O) groups is 1. The monoisotopic (exact) mass is 295 g/mol. The fraction of sp³-hybridized carbons (Fsp3) is 0.0769. The Labute approximate surface area is 114 Å². The number of aromatic carboxylic acids is 1. The molecule has 0 saturated carbocycles. The van der Waals surface area contributed by atoms with Crippen molar-refractivity contribution in [3.8, 4) is 0 Å².